The lowest BCUT2D eigenvalue weighted by Gasteiger charge is -2.03. The van der Waals surface area contributed by atoms with Crippen molar-refractivity contribution in [3.05, 3.63) is 30.0 Å². The molecular weight excluding hydrogens is 238 g/mol. The molecule has 0 aliphatic heterocycles. The molecule has 0 aliphatic rings. The van der Waals surface area contributed by atoms with Crippen molar-refractivity contribution in [2.45, 2.75) is 46.7 Å². The number of hydrogen-bond acceptors (Lipinski definition) is 3. The van der Waals surface area contributed by atoms with Crippen LogP contribution in [-0.2, 0) is 13.1 Å². The highest BCUT2D eigenvalue weighted by Crippen LogP contribution is 2.27. The van der Waals surface area contributed by atoms with Crippen LogP contribution in [0.2, 0.25) is 0 Å². The Kier molecular flexibility index (Phi) is 4.80. The molecule has 0 saturated heterocycles. The Morgan fingerprint density at radius 3 is 2.84 bits per heavy atom. The number of furan rings is 1. The first-order valence-electron chi connectivity index (χ1n) is 7.07. The standard InChI is InChI=1S/C15H23N3O/c1-4-7-16-10-15-13(6-9-19-15)14-11-18(8-5-2)17-12(14)3/h6,9,11,16H,4-5,7-8,10H2,1-3H3. The van der Waals surface area contributed by atoms with Gasteiger partial charge in [0.1, 0.15) is 5.76 Å². The van der Waals surface area contributed by atoms with E-state index < -0.39 is 0 Å². The summed E-state index contributed by atoms with van der Waals surface area (Å²) in [5, 5.41) is 7.93. The van der Waals surface area contributed by atoms with Crippen molar-refractivity contribution >= 4 is 0 Å². The van der Waals surface area contributed by atoms with Crippen molar-refractivity contribution in [1.82, 2.24) is 15.1 Å². The summed E-state index contributed by atoms with van der Waals surface area (Å²) in [4.78, 5) is 0. The Bertz CT molecular complexity index is 513. The molecule has 0 atom stereocenters. The van der Waals surface area contributed by atoms with Gasteiger partial charge in [-0.05, 0) is 32.4 Å². The van der Waals surface area contributed by atoms with Crippen LogP contribution in [0, 0.1) is 6.92 Å². The van der Waals surface area contributed by atoms with Gasteiger partial charge >= 0.3 is 0 Å². The Morgan fingerprint density at radius 1 is 1.26 bits per heavy atom. The van der Waals surface area contributed by atoms with Gasteiger partial charge in [-0.3, -0.25) is 4.68 Å². The summed E-state index contributed by atoms with van der Waals surface area (Å²) in [5.41, 5.74) is 3.39. The molecule has 0 aromatic carbocycles. The van der Waals surface area contributed by atoms with Gasteiger partial charge in [0.05, 0.1) is 18.5 Å². The largest absolute Gasteiger partial charge is 0.467 e. The van der Waals surface area contributed by atoms with E-state index in [-0.39, 0.29) is 0 Å². The smallest absolute Gasteiger partial charge is 0.125 e. The van der Waals surface area contributed by atoms with Gasteiger partial charge in [-0.2, -0.15) is 5.10 Å². The monoisotopic (exact) mass is 261 g/mol. The molecular formula is C15H23N3O. The van der Waals surface area contributed by atoms with Crippen molar-refractivity contribution < 1.29 is 4.42 Å². The second-order valence-electron chi connectivity index (χ2n) is 4.83. The quantitative estimate of drug-likeness (QED) is 0.777. The lowest BCUT2D eigenvalue weighted by atomic mass is 10.1. The summed E-state index contributed by atoms with van der Waals surface area (Å²) >= 11 is 0. The molecule has 4 heteroatoms. The lowest BCUT2D eigenvalue weighted by Crippen LogP contribution is -2.13. The Morgan fingerprint density at radius 2 is 2.11 bits per heavy atom. The van der Waals surface area contributed by atoms with Crippen LogP contribution in [0.4, 0.5) is 0 Å². The molecule has 1 N–H and O–H groups in total. The minimum Gasteiger partial charge on any atom is -0.467 e. The average molecular weight is 261 g/mol. The minimum absolute atomic E-state index is 0.772. The molecule has 2 aromatic rings. The van der Waals surface area contributed by atoms with Crippen LogP contribution in [0.25, 0.3) is 11.1 Å². The molecule has 0 saturated carbocycles. The third-order valence-electron chi connectivity index (χ3n) is 3.15. The molecule has 0 amide bonds. The van der Waals surface area contributed by atoms with Gasteiger partial charge < -0.3 is 9.73 Å². The molecule has 0 aliphatic carbocycles. The van der Waals surface area contributed by atoms with Gasteiger partial charge in [-0.15, -0.1) is 0 Å². The fourth-order valence-electron chi connectivity index (χ4n) is 2.22. The number of aryl methyl sites for hydroxylation is 2. The van der Waals surface area contributed by atoms with Gasteiger partial charge in [0.2, 0.25) is 0 Å². The van der Waals surface area contributed by atoms with E-state index in [1.54, 1.807) is 6.26 Å². The van der Waals surface area contributed by atoms with E-state index >= 15 is 0 Å². The number of hydrogen-bond donors (Lipinski definition) is 1. The maximum atomic E-state index is 5.59. The Hall–Kier alpha value is -1.55. The van der Waals surface area contributed by atoms with E-state index in [1.165, 1.54) is 5.56 Å². The summed E-state index contributed by atoms with van der Waals surface area (Å²) in [7, 11) is 0. The fraction of sp³-hybridized carbons (Fsp3) is 0.533. The van der Waals surface area contributed by atoms with Crippen LogP contribution in [-0.4, -0.2) is 16.3 Å². The van der Waals surface area contributed by atoms with Gasteiger partial charge in [0.15, 0.2) is 0 Å². The molecule has 2 rings (SSSR count). The predicted molar refractivity (Wildman–Crippen MR) is 77.0 cm³/mol. The zero-order chi connectivity index (χ0) is 13.7. The van der Waals surface area contributed by atoms with E-state index in [4.69, 9.17) is 4.42 Å². The van der Waals surface area contributed by atoms with E-state index in [1.807, 2.05) is 10.7 Å². The molecule has 0 unspecified atom stereocenters. The van der Waals surface area contributed by atoms with E-state index in [2.05, 4.69) is 37.4 Å². The normalized spacial score (nSPS) is 11.1. The first-order valence-corrected chi connectivity index (χ1v) is 7.07. The maximum Gasteiger partial charge on any atom is 0.125 e. The number of rotatable bonds is 7. The zero-order valence-electron chi connectivity index (χ0n) is 12.1. The topological polar surface area (TPSA) is 43.0 Å². The molecule has 0 bridgehead atoms. The van der Waals surface area contributed by atoms with E-state index in [0.717, 1.165) is 49.5 Å². The predicted octanol–water partition coefficient (Wildman–Crippen LogP) is 3.36. The fourth-order valence-corrected chi connectivity index (χ4v) is 2.22. The van der Waals surface area contributed by atoms with Crippen LogP contribution in [0.3, 0.4) is 0 Å². The number of nitrogens with one attached hydrogen (secondary N) is 1. The van der Waals surface area contributed by atoms with Crippen molar-refractivity contribution in [2.24, 2.45) is 0 Å². The molecule has 104 valence electrons. The highest BCUT2D eigenvalue weighted by Gasteiger charge is 2.13. The van der Waals surface area contributed by atoms with Crippen LogP contribution in [0.15, 0.2) is 22.9 Å². The summed E-state index contributed by atoms with van der Waals surface area (Å²) < 4.78 is 7.61. The molecule has 19 heavy (non-hydrogen) atoms. The van der Waals surface area contributed by atoms with Gasteiger partial charge in [0.25, 0.3) is 0 Å². The van der Waals surface area contributed by atoms with Gasteiger partial charge in [-0.1, -0.05) is 13.8 Å². The van der Waals surface area contributed by atoms with Gasteiger partial charge in [-0.25, -0.2) is 0 Å². The van der Waals surface area contributed by atoms with Gasteiger partial charge in [0, 0.05) is 23.9 Å². The SMILES string of the molecule is CCCNCc1occc1-c1cn(CCC)nc1C. The molecule has 0 spiro atoms. The first-order chi connectivity index (χ1) is 9.26. The second-order valence-corrected chi connectivity index (χ2v) is 4.83. The number of aromatic nitrogens is 2. The van der Waals surface area contributed by atoms with E-state index in [0.29, 0.717) is 0 Å². The Labute approximate surface area is 114 Å². The van der Waals surface area contributed by atoms with Crippen LogP contribution >= 0.6 is 0 Å². The number of nitrogens with zero attached hydrogens (tertiary/aromatic N) is 2. The average Bonchev–Trinajstić information content (AvgIpc) is 2.97. The molecule has 2 heterocycles. The first kappa shape index (κ1) is 13.9. The molecule has 0 radical (unpaired) electrons. The van der Waals surface area contributed by atoms with Crippen molar-refractivity contribution in [1.29, 1.82) is 0 Å². The molecule has 0 fully saturated rings. The zero-order valence-corrected chi connectivity index (χ0v) is 12.1. The lowest BCUT2D eigenvalue weighted by molar-refractivity contribution is 0.484. The Balaban J connectivity index is 2.19. The third-order valence-corrected chi connectivity index (χ3v) is 3.15. The van der Waals surface area contributed by atoms with Crippen LogP contribution in [0.5, 0.6) is 0 Å². The van der Waals surface area contributed by atoms with E-state index in [9.17, 15) is 0 Å². The highest BCUT2D eigenvalue weighted by molar-refractivity contribution is 5.66. The summed E-state index contributed by atoms with van der Waals surface area (Å²) in [5.74, 6) is 0.993. The summed E-state index contributed by atoms with van der Waals surface area (Å²) in [6.07, 6.45) is 6.10. The second kappa shape index (κ2) is 6.57. The summed E-state index contributed by atoms with van der Waals surface area (Å²) in [6, 6.07) is 2.03. The highest BCUT2D eigenvalue weighted by atomic mass is 16.3. The van der Waals surface area contributed by atoms with Crippen LogP contribution < -0.4 is 5.32 Å². The molecule has 4 nitrogen and oxygen atoms in total. The van der Waals surface area contributed by atoms with Crippen molar-refractivity contribution in [3.8, 4) is 11.1 Å². The van der Waals surface area contributed by atoms with Crippen molar-refractivity contribution in [2.75, 3.05) is 6.54 Å². The minimum atomic E-state index is 0.772. The molecule has 2 aromatic heterocycles. The maximum absolute atomic E-state index is 5.59. The van der Waals surface area contributed by atoms with Crippen molar-refractivity contribution in [3.63, 3.8) is 0 Å². The summed E-state index contributed by atoms with van der Waals surface area (Å²) in [6.45, 7) is 9.12. The van der Waals surface area contributed by atoms with Crippen LogP contribution in [0.1, 0.15) is 38.1 Å². The third kappa shape index (κ3) is 3.26.